The van der Waals surface area contributed by atoms with Gasteiger partial charge in [-0.15, -0.1) is 0 Å². The summed E-state index contributed by atoms with van der Waals surface area (Å²) in [6, 6.07) is 182. The molecule has 0 aliphatic carbocycles. The van der Waals surface area contributed by atoms with Crippen molar-refractivity contribution in [1.29, 1.82) is 0 Å². The summed E-state index contributed by atoms with van der Waals surface area (Å²) in [6.45, 7) is 0. The van der Waals surface area contributed by atoms with Gasteiger partial charge in [0.15, 0.2) is 17.2 Å². The molecule has 22 aromatic carbocycles. The van der Waals surface area contributed by atoms with E-state index in [4.69, 9.17) is 14.2 Å². The van der Waals surface area contributed by atoms with Crippen LogP contribution in [0.5, 0.6) is 34.5 Å². The second kappa shape index (κ2) is 35.0. The van der Waals surface area contributed by atoms with Gasteiger partial charge in [0.25, 0.3) is 0 Å². The summed E-state index contributed by atoms with van der Waals surface area (Å²) in [5, 5.41) is 7.36. The van der Waals surface area contributed by atoms with Crippen molar-refractivity contribution >= 4 is 83.5 Å². The van der Waals surface area contributed by atoms with Gasteiger partial charge in [0.05, 0.1) is 22.7 Å². The van der Waals surface area contributed by atoms with E-state index in [0.29, 0.717) is 0 Å². The van der Waals surface area contributed by atoms with Gasteiger partial charge in [-0.2, -0.15) is 0 Å². The number of benzene rings is 22. The summed E-state index contributed by atoms with van der Waals surface area (Å²) >= 11 is 0. The predicted octanol–water partition coefficient (Wildman–Crippen LogP) is 35.9. The van der Waals surface area contributed by atoms with Crippen LogP contribution >= 0.6 is 0 Å². The average Bonchev–Trinajstić information content (AvgIpc) is 0.745. The normalized spacial score (nSPS) is 11.5. The zero-order valence-corrected chi connectivity index (χ0v) is 72.1. The van der Waals surface area contributed by atoms with Crippen LogP contribution < -0.4 is 28.9 Å². The molecule has 25 rings (SSSR count). The van der Waals surface area contributed by atoms with Gasteiger partial charge in [0.1, 0.15) is 17.2 Å². The lowest BCUT2D eigenvalue weighted by Crippen LogP contribution is -2.13. The first-order chi connectivity index (χ1) is 65.5. The predicted molar refractivity (Wildman–Crippen MR) is 550 cm³/mol. The molecule has 6 heteroatoms. The highest BCUT2D eigenvalue weighted by atomic mass is 16.5. The fourth-order valence-corrected chi connectivity index (χ4v) is 19.3. The van der Waals surface area contributed by atoms with E-state index in [1.807, 2.05) is 18.2 Å². The molecule has 0 saturated carbocycles. The van der Waals surface area contributed by atoms with Gasteiger partial charge in [0.2, 0.25) is 0 Å². The summed E-state index contributed by atoms with van der Waals surface area (Å²) in [7, 11) is 0. The lowest BCUT2D eigenvalue weighted by Gasteiger charge is -2.31. The Morgan fingerprint density at radius 3 is 0.644 bits per heavy atom. The average molecular weight is 1690 g/mol. The third kappa shape index (κ3) is 14.9. The van der Waals surface area contributed by atoms with E-state index >= 15 is 0 Å². The zero-order chi connectivity index (χ0) is 87.6. The highest BCUT2D eigenvalue weighted by Crippen LogP contribution is 2.58. The monoisotopic (exact) mass is 1690 g/mol. The van der Waals surface area contributed by atoms with Crippen molar-refractivity contribution < 1.29 is 14.2 Å². The smallest absolute Gasteiger partial charge is 0.159 e. The Labute approximate surface area is 768 Å². The Bertz CT molecular complexity index is 7870. The van der Waals surface area contributed by atoms with Crippen molar-refractivity contribution in [3.63, 3.8) is 0 Å². The standard InChI is InChI=1S/2C46H31NO.C34H23NO/c1-3-14-32(15-4-1)33-28-30-36(31-29-33)47(42-25-9-7-20-37(42)34-16-5-2-6-17-34)43-26-13-24-41-40-23-12-19-35-18-11-22-39(45(35)40)38-21-8-10-27-44(38)48-46(41)43;1-3-12-32(13-4-1)34-24-28-37(29-25-34)47(38-30-26-35(27-31-38)33-14-5-2-6-15-33)43-22-11-21-42-41-20-10-17-36-16-9-19-40(45(36)41)39-18-7-8-23-44(39)48-46(42)43;1-3-14-25(15-4-1)35(26-16-5-2-6-17-26)31-22-11-21-30-29-20-10-13-24-12-9-19-28(33(24)29)27-18-7-8-23-32(27)36-34(30)31/h2*1-31H;1-23H. The van der Waals surface area contributed by atoms with Crippen LogP contribution in [0.1, 0.15) is 0 Å². The highest BCUT2D eigenvalue weighted by molar-refractivity contribution is 6.13. The molecule has 0 unspecified atom stereocenters. The Morgan fingerprint density at radius 2 is 0.326 bits per heavy atom. The fourth-order valence-electron chi connectivity index (χ4n) is 19.3. The summed E-state index contributed by atoms with van der Waals surface area (Å²) in [5.41, 5.74) is 32.2. The van der Waals surface area contributed by atoms with Crippen molar-refractivity contribution in [3.05, 3.63) is 516 Å². The molecule has 132 heavy (non-hydrogen) atoms. The van der Waals surface area contributed by atoms with Crippen LogP contribution in [0.2, 0.25) is 0 Å². The minimum absolute atomic E-state index is 0.821. The lowest BCUT2D eigenvalue weighted by molar-refractivity contribution is 0.487. The number of hydrogen-bond acceptors (Lipinski definition) is 6. The molecule has 0 fully saturated rings. The maximum absolute atomic E-state index is 7.12. The zero-order valence-electron chi connectivity index (χ0n) is 72.1. The summed E-state index contributed by atoms with van der Waals surface area (Å²) in [4.78, 5) is 6.94. The molecular weight excluding hydrogens is 1600 g/mol. The van der Waals surface area contributed by atoms with Crippen molar-refractivity contribution in [2.24, 2.45) is 0 Å². The molecule has 22 aromatic rings. The van der Waals surface area contributed by atoms with Crippen molar-refractivity contribution in [1.82, 2.24) is 0 Å². The summed E-state index contributed by atoms with van der Waals surface area (Å²) in [5.74, 6) is 5.03. The maximum atomic E-state index is 7.12. The summed E-state index contributed by atoms with van der Waals surface area (Å²) < 4.78 is 21.1. The second-order valence-corrected chi connectivity index (χ2v) is 33.2. The van der Waals surface area contributed by atoms with Gasteiger partial charge in [-0.05, 0) is 208 Å². The first kappa shape index (κ1) is 79.1. The quantitative estimate of drug-likeness (QED) is 0.115. The van der Waals surface area contributed by atoms with E-state index in [2.05, 4.69) is 512 Å². The molecule has 0 atom stereocenters. The van der Waals surface area contributed by atoms with Crippen molar-refractivity contribution in [3.8, 4) is 146 Å². The third-order valence-corrected chi connectivity index (χ3v) is 25.4. The Balaban J connectivity index is 0.000000114. The number of hydrogen-bond donors (Lipinski definition) is 0. The van der Waals surface area contributed by atoms with Crippen LogP contribution in [-0.4, -0.2) is 0 Å². The van der Waals surface area contributed by atoms with Crippen LogP contribution in [0.15, 0.2) is 516 Å². The van der Waals surface area contributed by atoms with Gasteiger partial charge < -0.3 is 28.9 Å². The van der Waals surface area contributed by atoms with Crippen molar-refractivity contribution in [2.45, 2.75) is 0 Å². The molecule has 622 valence electrons. The van der Waals surface area contributed by atoms with E-state index in [1.54, 1.807) is 0 Å². The first-order valence-electron chi connectivity index (χ1n) is 44.9. The Morgan fingerprint density at radius 1 is 0.121 bits per heavy atom. The Kier molecular flexibility index (Phi) is 21.0. The molecule has 6 nitrogen and oxygen atoms in total. The van der Waals surface area contributed by atoms with Crippen LogP contribution in [0.25, 0.3) is 144 Å². The summed E-state index contributed by atoms with van der Waals surface area (Å²) in [6.07, 6.45) is 0. The second-order valence-electron chi connectivity index (χ2n) is 33.2. The van der Waals surface area contributed by atoms with Gasteiger partial charge in [-0.1, -0.05) is 413 Å². The minimum Gasteiger partial charge on any atom is -0.454 e. The Hall–Kier alpha value is -17.6. The number of ether oxygens (including phenoxy) is 3. The topological polar surface area (TPSA) is 37.4 Å². The lowest BCUT2D eigenvalue weighted by atomic mass is 9.89. The third-order valence-electron chi connectivity index (χ3n) is 25.4. The number of para-hydroxylation sites is 9. The van der Waals surface area contributed by atoms with Gasteiger partial charge >= 0.3 is 0 Å². The van der Waals surface area contributed by atoms with E-state index in [9.17, 15) is 0 Å². The molecule has 3 aliphatic rings. The van der Waals surface area contributed by atoms with Crippen LogP contribution in [0, 0.1) is 0 Å². The number of nitrogens with zero attached hydrogens (tertiary/aromatic N) is 3. The highest BCUT2D eigenvalue weighted by Gasteiger charge is 2.32. The largest absolute Gasteiger partial charge is 0.454 e. The SMILES string of the molecule is c1ccc(-c2ccc(N(c3ccc(-c4ccccc4)cc3)c3cccc4c3Oc3ccccc3-c3cccc5cccc-4c35)cc2)cc1.c1ccc(-c2ccc(N(c3ccccc3-c3ccccc3)c3cccc4c3Oc3ccccc3-c3cccc5cccc-4c35)cc2)cc1.c1ccc(N(c2ccccc2)c2cccc3c2Oc2ccccc2-c2cccc4cccc-3c24)cc1. The number of anilines is 9. The van der Waals surface area contributed by atoms with Gasteiger partial charge in [0, 0.05) is 67.4 Å². The van der Waals surface area contributed by atoms with E-state index in [0.717, 1.165) is 141 Å². The fraction of sp³-hybridized carbons (Fsp3) is 0. The van der Waals surface area contributed by atoms with Crippen LogP contribution in [0.3, 0.4) is 0 Å². The van der Waals surface area contributed by atoms with E-state index in [-0.39, 0.29) is 0 Å². The van der Waals surface area contributed by atoms with E-state index in [1.165, 1.54) is 88.0 Å². The minimum atomic E-state index is 0.821. The van der Waals surface area contributed by atoms with Crippen LogP contribution in [0.4, 0.5) is 51.2 Å². The van der Waals surface area contributed by atoms with Gasteiger partial charge in [-0.3, -0.25) is 0 Å². The maximum Gasteiger partial charge on any atom is 0.159 e. The molecule has 0 amide bonds. The molecule has 3 heterocycles. The number of fused-ring (bicyclic) bond motifs is 12. The molecule has 0 aromatic heterocycles. The van der Waals surface area contributed by atoms with Crippen LogP contribution in [-0.2, 0) is 0 Å². The first-order valence-corrected chi connectivity index (χ1v) is 44.9. The molecule has 0 radical (unpaired) electrons. The number of rotatable bonds is 13. The molecule has 0 spiro atoms. The molecule has 0 N–H and O–H groups in total. The molecule has 0 bridgehead atoms. The molecular formula is C126H85N3O3. The van der Waals surface area contributed by atoms with Crippen molar-refractivity contribution in [2.75, 3.05) is 14.7 Å². The molecule has 0 saturated heterocycles. The molecule has 3 aliphatic heterocycles. The van der Waals surface area contributed by atoms with Gasteiger partial charge in [-0.25, -0.2) is 0 Å². The van der Waals surface area contributed by atoms with E-state index < -0.39 is 0 Å².